The van der Waals surface area contributed by atoms with Crippen molar-refractivity contribution < 1.29 is 13.2 Å². The Kier molecular flexibility index (Phi) is 4.65. The van der Waals surface area contributed by atoms with Gasteiger partial charge in [0.15, 0.2) is 5.65 Å². The van der Waals surface area contributed by atoms with E-state index in [0.717, 1.165) is 29.7 Å². The Labute approximate surface area is 158 Å². The Morgan fingerprint density at radius 3 is 2.48 bits per heavy atom. The third kappa shape index (κ3) is 3.84. The molecule has 3 heterocycles. The zero-order valence-electron chi connectivity index (χ0n) is 14.2. The molecule has 1 fully saturated rings. The number of hydrogen-bond donors (Lipinski definition) is 0. The van der Waals surface area contributed by atoms with Crippen LogP contribution < -0.4 is 4.90 Å². The third-order valence-electron chi connectivity index (χ3n) is 4.49. The highest BCUT2D eigenvalue weighted by molar-refractivity contribution is 6.30. The van der Waals surface area contributed by atoms with E-state index in [1.165, 1.54) is 6.07 Å². The van der Waals surface area contributed by atoms with Crippen molar-refractivity contribution in [2.45, 2.75) is 12.7 Å². The molecule has 1 saturated heterocycles. The maximum Gasteiger partial charge on any atom is 0.453 e. The minimum atomic E-state index is -4.60. The minimum absolute atomic E-state index is 0.0747. The van der Waals surface area contributed by atoms with Crippen LogP contribution in [0.4, 0.5) is 19.0 Å². The smallest absolute Gasteiger partial charge is 0.353 e. The van der Waals surface area contributed by atoms with Gasteiger partial charge in [0, 0.05) is 37.7 Å². The molecule has 2 aromatic heterocycles. The van der Waals surface area contributed by atoms with Gasteiger partial charge in [0.1, 0.15) is 5.82 Å². The Morgan fingerprint density at radius 2 is 1.78 bits per heavy atom. The van der Waals surface area contributed by atoms with E-state index in [9.17, 15) is 13.2 Å². The number of benzene rings is 1. The lowest BCUT2D eigenvalue weighted by Crippen LogP contribution is -2.46. The summed E-state index contributed by atoms with van der Waals surface area (Å²) in [5.74, 6) is -0.630. The SMILES string of the molecule is FC(F)(F)c1nnc2ccc(N3CCN(Cc4cccc(Cl)c4)CC3)nn12. The summed E-state index contributed by atoms with van der Waals surface area (Å²) in [5.41, 5.74) is 1.21. The van der Waals surface area contributed by atoms with Crippen molar-refractivity contribution >= 4 is 23.1 Å². The predicted octanol–water partition coefficient (Wildman–Crippen LogP) is 3.12. The molecule has 10 heteroatoms. The highest BCUT2D eigenvalue weighted by Gasteiger charge is 2.37. The monoisotopic (exact) mass is 396 g/mol. The van der Waals surface area contributed by atoms with Crippen LogP contribution in [0.1, 0.15) is 11.4 Å². The second-order valence-corrected chi connectivity index (χ2v) is 6.81. The fourth-order valence-electron chi connectivity index (χ4n) is 3.15. The molecule has 0 aliphatic carbocycles. The standard InChI is InChI=1S/C17H16ClF3N6/c18-13-3-1-2-12(10-13)11-25-6-8-26(9-7-25)15-5-4-14-22-23-16(17(19,20)21)27(14)24-15/h1-5,10H,6-9,11H2. The molecule has 4 rings (SSSR count). The minimum Gasteiger partial charge on any atom is -0.353 e. The van der Waals surface area contributed by atoms with E-state index >= 15 is 0 Å². The maximum absolute atomic E-state index is 13.0. The third-order valence-corrected chi connectivity index (χ3v) is 4.73. The summed E-state index contributed by atoms with van der Waals surface area (Å²) in [7, 11) is 0. The lowest BCUT2D eigenvalue weighted by Gasteiger charge is -2.35. The first kappa shape index (κ1) is 18.0. The van der Waals surface area contributed by atoms with Gasteiger partial charge in [-0.1, -0.05) is 23.7 Å². The molecule has 142 valence electrons. The van der Waals surface area contributed by atoms with E-state index in [0.29, 0.717) is 23.9 Å². The van der Waals surface area contributed by atoms with Crippen LogP contribution in [0.25, 0.3) is 5.65 Å². The van der Waals surface area contributed by atoms with Crippen LogP contribution in [0, 0.1) is 0 Å². The van der Waals surface area contributed by atoms with Gasteiger partial charge >= 0.3 is 6.18 Å². The molecule has 1 aromatic carbocycles. The Balaban J connectivity index is 1.46. The number of hydrogen-bond acceptors (Lipinski definition) is 5. The first-order valence-corrected chi connectivity index (χ1v) is 8.79. The van der Waals surface area contributed by atoms with Crippen LogP contribution in [0.2, 0.25) is 5.02 Å². The lowest BCUT2D eigenvalue weighted by molar-refractivity contribution is -0.146. The number of alkyl halides is 3. The molecule has 6 nitrogen and oxygen atoms in total. The largest absolute Gasteiger partial charge is 0.453 e. The molecular weight excluding hydrogens is 381 g/mol. The number of aromatic nitrogens is 4. The summed E-state index contributed by atoms with van der Waals surface area (Å²) in [5, 5.41) is 11.6. The van der Waals surface area contributed by atoms with E-state index in [2.05, 4.69) is 20.2 Å². The van der Waals surface area contributed by atoms with Crippen molar-refractivity contribution in [3.63, 3.8) is 0 Å². The molecule has 0 radical (unpaired) electrons. The normalized spacial score (nSPS) is 16.2. The molecule has 0 unspecified atom stereocenters. The molecule has 0 spiro atoms. The second-order valence-electron chi connectivity index (χ2n) is 6.38. The van der Waals surface area contributed by atoms with Crippen LogP contribution in [0.5, 0.6) is 0 Å². The van der Waals surface area contributed by atoms with Crippen molar-refractivity contribution in [3.05, 3.63) is 52.8 Å². The van der Waals surface area contributed by atoms with E-state index in [4.69, 9.17) is 11.6 Å². The molecule has 0 amide bonds. The second kappa shape index (κ2) is 6.97. The van der Waals surface area contributed by atoms with Gasteiger partial charge in [0.25, 0.3) is 5.82 Å². The molecule has 0 N–H and O–H groups in total. The number of halogens is 4. The fraction of sp³-hybridized carbons (Fsp3) is 0.353. The van der Waals surface area contributed by atoms with Gasteiger partial charge in [-0.3, -0.25) is 4.90 Å². The zero-order valence-corrected chi connectivity index (χ0v) is 15.0. The number of piperazine rings is 1. The van der Waals surface area contributed by atoms with E-state index in [1.54, 1.807) is 6.07 Å². The summed E-state index contributed by atoms with van der Waals surface area (Å²) in [6, 6.07) is 10.9. The Morgan fingerprint density at radius 1 is 1.00 bits per heavy atom. The number of nitrogens with zero attached hydrogens (tertiary/aromatic N) is 6. The summed E-state index contributed by atoms with van der Waals surface area (Å²) >= 11 is 6.02. The summed E-state index contributed by atoms with van der Waals surface area (Å²) in [4.78, 5) is 4.24. The fourth-order valence-corrected chi connectivity index (χ4v) is 3.37. The topological polar surface area (TPSA) is 49.6 Å². The van der Waals surface area contributed by atoms with Gasteiger partial charge in [-0.25, -0.2) is 0 Å². The van der Waals surface area contributed by atoms with Crippen LogP contribution in [0.15, 0.2) is 36.4 Å². The number of rotatable bonds is 3. The molecular formula is C17H16ClF3N6. The molecule has 3 aromatic rings. The Bertz CT molecular complexity index is 949. The van der Waals surface area contributed by atoms with Crippen LogP contribution in [-0.4, -0.2) is 50.9 Å². The van der Waals surface area contributed by atoms with Crippen LogP contribution >= 0.6 is 11.6 Å². The molecule has 0 bridgehead atoms. The number of fused-ring (bicyclic) bond motifs is 1. The zero-order chi connectivity index (χ0) is 19.0. The first-order valence-electron chi connectivity index (χ1n) is 8.41. The predicted molar refractivity (Wildman–Crippen MR) is 94.7 cm³/mol. The van der Waals surface area contributed by atoms with Gasteiger partial charge < -0.3 is 4.90 Å². The first-order chi connectivity index (χ1) is 12.9. The van der Waals surface area contributed by atoms with Gasteiger partial charge in [0.2, 0.25) is 0 Å². The molecule has 0 saturated carbocycles. The Hall–Kier alpha value is -2.39. The average molecular weight is 397 g/mol. The van der Waals surface area contributed by atoms with Crippen LogP contribution in [-0.2, 0) is 12.7 Å². The van der Waals surface area contributed by atoms with Crippen molar-refractivity contribution in [2.75, 3.05) is 31.1 Å². The quantitative estimate of drug-likeness (QED) is 0.681. The van der Waals surface area contributed by atoms with Crippen molar-refractivity contribution in [1.29, 1.82) is 0 Å². The molecule has 1 aliphatic rings. The van der Waals surface area contributed by atoms with Gasteiger partial charge in [-0.05, 0) is 29.8 Å². The summed E-state index contributed by atoms with van der Waals surface area (Å²) in [6.45, 7) is 3.68. The van der Waals surface area contributed by atoms with Gasteiger partial charge in [-0.15, -0.1) is 15.3 Å². The van der Waals surface area contributed by atoms with Crippen molar-refractivity contribution in [2.24, 2.45) is 0 Å². The molecule has 0 atom stereocenters. The van der Waals surface area contributed by atoms with Gasteiger partial charge in [0.05, 0.1) is 0 Å². The molecule has 1 aliphatic heterocycles. The van der Waals surface area contributed by atoms with E-state index in [-0.39, 0.29) is 5.65 Å². The maximum atomic E-state index is 13.0. The van der Waals surface area contributed by atoms with Crippen molar-refractivity contribution in [1.82, 2.24) is 24.7 Å². The molecule has 27 heavy (non-hydrogen) atoms. The van der Waals surface area contributed by atoms with E-state index in [1.807, 2.05) is 29.2 Å². The number of anilines is 1. The summed E-state index contributed by atoms with van der Waals surface area (Å²) < 4.78 is 39.8. The average Bonchev–Trinajstić information content (AvgIpc) is 3.06. The van der Waals surface area contributed by atoms with Crippen molar-refractivity contribution in [3.8, 4) is 0 Å². The highest BCUT2D eigenvalue weighted by atomic mass is 35.5. The highest BCUT2D eigenvalue weighted by Crippen LogP contribution is 2.28. The van der Waals surface area contributed by atoms with E-state index < -0.39 is 12.0 Å². The van der Waals surface area contributed by atoms with Gasteiger partial charge in [-0.2, -0.15) is 17.7 Å². The van der Waals surface area contributed by atoms with Crippen LogP contribution in [0.3, 0.4) is 0 Å². The lowest BCUT2D eigenvalue weighted by atomic mass is 10.2. The summed E-state index contributed by atoms with van der Waals surface area (Å²) in [6.07, 6.45) is -4.60.